The molecule has 2 aromatic carbocycles. The summed E-state index contributed by atoms with van der Waals surface area (Å²) < 4.78 is 11.4. The van der Waals surface area contributed by atoms with Crippen LogP contribution in [0.1, 0.15) is 43.5 Å². The van der Waals surface area contributed by atoms with Crippen LogP contribution in [0.4, 0.5) is 0 Å². The Kier molecular flexibility index (Phi) is 7.48. The van der Waals surface area contributed by atoms with Gasteiger partial charge in [0.05, 0.1) is 24.9 Å². The average Bonchev–Trinajstić information content (AvgIpc) is 2.62. The Morgan fingerprint density at radius 3 is 2.16 bits per heavy atom. The lowest BCUT2D eigenvalue weighted by atomic mass is 10.0. The number of carboxylic acids is 1. The number of ether oxygens (including phenoxy) is 2. The van der Waals surface area contributed by atoms with E-state index in [-0.39, 0.29) is 0 Å². The van der Waals surface area contributed by atoms with Crippen molar-refractivity contribution in [2.75, 3.05) is 13.2 Å². The topological polar surface area (TPSA) is 55.8 Å². The van der Waals surface area contributed by atoms with Gasteiger partial charge in [-0.1, -0.05) is 37.6 Å². The van der Waals surface area contributed by atoms with Gasteiger partial charge in [-0.05, 0) is 48.7 Å². The highest BCUT2D eigenvalue weighted by atomic mass is 16.5. The largest absolute Gasteiger partial charge is 0.494 e. The molecular formula is C21H26O4. The Balaban J connectivity index is 1.79. The average molecular weight is 342 g/mol. The molecule has 1 N–H and O–H groups in total. The van der Waals surface area contributed by atoms with Gasteiger partial charge < -0.3 is 14.6 Å². The molecule has 134 valence electrons. The van der Waals surface area contributed by atoms with E-state index in [9.17, 15) is 4.79 Å². The zero-order valence-electron chi connectivity index (χ0n) is 14.9. The minimum absolute atomic E-state index is 0.291. The van der Waals surface area contributed by atoms with E-state index in [0.29, 0.717) is 18.3 Å². The van der Waals surface area contributed by atoms with E-state index in [1.807, 2.05) is 36.4 Å². The summed E-state index contributed by atoms with van der Waals surface area (Å²) in [5.74, 6) is -0.0871. The second-order valence-electron chi connectivity index (χ2n) is 6.08. The van der Waals surface area contributed by atoms with Crippen LogP contribution in [0.15, 0.2) is 48.5 Å². The first-order chi connectivity index (χ1) is 12.1. The number of benzene rings is 2. The normalized spacial score (nSPS) is 11.9. The molecule has 0 amide bonds. The molecule has 0 spiro atoms. The lowest BCUT2D eigenvalue weighted by Crippen LogP contribution is -2.11. The molecule has 0 aliphatic carbocycles. The predicted octanol–water partition coefficient (Wildman–Crippen LogP) is 5.03. The molecule has 2 aromatic rings. The van der Waals surface area contributed by atoms with Crippen LogP contribution in [0.25, 0.3) is 11.1 Å². The van der Waals surface area contributed by atoms with Gasteiger partial charge >= 0.3 is 5.97 Å². The molecule has 0 saturated heterocycles. The van der Waals surface area contributed by atoms with Crippen molar-refractivity contribution in [2.45, 2.75) is 39.2 Å². The van der Waals surface area contributed by atoms with Crippen LogP contribution in [0.2, 0.25) is 0 Å². The minimum atomic E-state index is -0.914. The van der Waals surface area contributed by atoms with Gasteiger partial charge in [0, 0.05) is 6.42 Å². The van der Waals surface area contributed by atoms with E-state index in [1.54, 1.807) is 12.1 Å². The van der Waals surface area contributed by atoms with E-state index in [4.69, 9.17) is 14.6 Å². The van der Waals surface area contributed by atoms with Crippen LogP contribution in [0.5, 0.6) is 5.75 Å². The number of carboxylic acid groups (broad SMARTS) is 1. The molecule has 0 saturated carbocycles. The molecule has 0 aromatic heterocycles. The van der Waals surface area contributed by atoms with E-state index < -0.39 is 5.97 Å². The highest BCUT2D eigenvalue weighted by Crippen LogP contribution is 2.23. The Morgan fingerprint density at radius 2 is 1.60 bits per heavy atom. The summed E-state index contributed by atoms with van der Waals surface area (Å²) in [4.78, 5) is 10.9. The molecule has 1 atom stereocenters. The van der Waals surface area contributed by atoms with Crippen LogP contribution in [-0.2, 0) is 4.74 Å². The van der Waals surface area contributed by atoms with Crippen molar-refractivity contribution in [3.8, 4) is 16.9 Å². The quantitative estimate of drug-likeness (QED) is 0.616. The highest BCUT2D eigenvalue weighted by molar-refractivity contribution is 5.88. The molecule has 4 heteroatoms. The lowest BCUT2D eigenvalue weighted by Gasteiger charge is -2.12. The molecule has 0 fully saturated rings. The van der Waals surface area contributed by atoms with Crippen LogP contribution < -0.4 is 4.74 Å². The number of aromatic carboxylic acids is 1. The molecule has 0 aliphatic rings. The fraction of sp³-hybridized carbons (Fsp3) is 0.381. The monoisotopic (exact) mass is 342 g/mol. The zero-order valence-corrected chi connectivity index (χ0v) is 14.9. The van der Waals surface area contributed by atoms with Crippen molar-refractivity contribution in [1.82, 2.24) is 0 Å². The summed E-state index contributed by atoms with van der Waals surface area (Å²) in [6.45, 7) is 5.61. The highest BCUT2D eigenvalue weighted by Gasteiger charge is 2.04. The first-order valence-electron chi connectivity index (χ1n) is 8.78. The molecule has 2 rings (SSSR count). The third-order valence-electron chi connectivity index (χ3n) is 3.97. The molecule has 0 aliphatic heterocycles. The van der Waals surface area contributed by atoms with Gasteiger partial charge in [0.2, 0.25) is 0 Å². The Morgan fingerprint density at radius 1 is 1.00 bits per heavy atom. The molecule has 0 heterocycles. The van der Waals surface area contributed by atoms with Gasteiger partial charge in [-0.25, -0.2) is 4.79 Å². The molecule has 0 bridgehead atoms. The summed E-state index contributed by atoms with van der Waals surface area (Å²) in [7, 11) is 0. The van der Waals surface area contributed by atoms with Crippen molar-refractivity contribution in [3.63, 3.8) is 0 Å². The van der Waals surface area contributed by atoms with Crippen molar-refractivity contribution < 1.29 is 19.4 Å². The van der Waals surface area contributed by atoms with E-state index in [2.05, 4.69) is 13.8 Å². The van der Waals surface area contributed by atoms with Gasteiger partial charge in [-0.3, -0.25) is 0 Å². The SMILES string of the molecule is CCCC(C)OCCCOc1ccc(-c2ccc(C(=O)O)cc2)cc1. The van der Waals surface area contributed by atoms with Crippen LogP contribution >= 0.6 is 0 Å². The maximum absolute atomic E-state index is 10.9. The van der Waals surface area contributed by atoms with E-state index >= 15 is 0 Å². The van der Waals surface area contributed by atoms with Gasteiger partial charge in [-0.2, -0.15) is 0 Å². The standard InChI is InChI=1S/C21H26O4/c1-3-5-16(2)24-14-4-15-25-20-12-10-18(11-13-20)17-6-8-19(9-7-17)21(22)23/h6-13,16H,3-5,14-15H2,1-2H3,(H,22,23). The van der Waals surface area contributed by atoms with Gasteiger partial charge in [0.25, 0.3) is 0 Å². The maximum atomic E-state index is 10.9. The summed E-state index contributed by atoms with van der Waals surface area (Å²) in [5.41, 5.74) is 2.30. The summed E-state index contributed by atoms with van der Waals surface area (Å²) >= 11 is 0. The van der Waals surface area contributed by atoms with Crippen LogP contribution in [0.3, 0.4) is 0 Å². The van der Waals surface area contributed by atoms with E-state index in [1.165, 1.54) is 0 Å². The summed E-state index contributed by atoms with van der Waals surface area (Å²) in [6.07, 6.45) is 3.42. The second-order valence-corrected chi connectivity index (χ2v) is 6.08. The van der Waals surface area contributed by atoms with E-state index in [0.717, 1.165) is 42.7 Å². The third kappa shape index (κ3) is 6.24. The van der Waals surface area contributed by atoms with Crippen molar-refractivity contribution >= 4 is 5.97 Å². The number of rotatable bonds is 10. The van der Waals surface area contributed by atoms with Crippen LogP contribution in [-0.4, -0.2) is 30.4 Å². The predicted molar refractivity (Wildman–Crippen MR) is 99.3 cm³/mol. The van der Waals surface area contributed by atoms with Gasteiger partial charge in [0.1, 0.15) is 5.75 Å². The number of carbonyl (C=O) groups is 1. The minimum Gasteiger partial charge on any atom is -0.494 e. The zero-order chi connectivity index (χ0) is 18.1. The molecule has 0 radical (unpaired) electrons. The Labute approximate surface area is 149 Å². The molecular weight excluding hydrogens is 316 g/mol. The van der Waals surface area contributed by atoms with Crippen LogP contribution in [0, 0.1) is 0 Å². The number of hydrogen-bond acceptors (Lipinski definition) is 3. The fourth-order valence-electron chi connectivity index (χ4n) is 2.57. The Bertz CT molecular complexity index is 647. The van der Waals surface area contributed by atoms with Crippen molar-refractivity contribution in [2.24, 2.45) is 0 Å². The lowest BCUT2D eigenvalue weighted by molar-refractivity contribution is 0.0519. The van der Waals surface area contributed by atoms with Crippen molar-refractivity contribution in [1.29, 1.82) is 0 Å². The summed E-state index contributed by atoms with van der Waals surface area (Å²) in [5, 5.41) is 8.93. The van der Waals surface area contributed by atoms with Gasteiger partial charge in [0.15, 0.2) is 0 Å². The summed E-state index contributed by atoms with van der Waals surface area (Å²) in [6, 6.07) is 14.7. The molecule has 4 nitrogen and oxygen atoms in total. The van der Waals surface area contributed by atoms with Gasteiger partial charge in [-0.15, -0.1) is 0 Å². The smallest absolute Gasteiger partial charge is 0.335 e. The first kappa shape index (κ1) is 19.0. The number of hydrogen-bond donors (Lipinski definition) is 1. The molecule has 25 heavy (non-hydrogen) atoms. The molecule has 1 unspecified atom stereocenters. The fourth-order valence-corrected chi connectivity index (χ4v) is 2.57. The van der Waals surface area contributed by atoms with Crippen molar-refractivity contribution in [3.05, 3.63) is 54.1 Å². The second kappa shape index (κ2) is 9.84. The first-order valence-corrected chi connectivity index (χ1v) is 8.78. The Hall–Kier alpha value is -2.33. The maximum Gasteiger partial charge on any atom is 0.335 e. The third-order valence-corrected chi connectivity index (χ3v) is 3.97.